The van der Waals surface area contributed by atoms with E-state index in [-0.39, 0.29) is 18.1 Å². The molecule has 1 atom stereocenters. The van der Waals surface area contributed by atoms with Crippen LogP contribution >= 0.6 is 0 Å². The van der Waals surface area contributed by atoms with E-state index in [9.17, 15) is 14.9 Å². The Morgan fingerprint density at radius 1 is 1.14 bits per heavy atom. The normalized spacial score (nSPS) is 16.1. The van der Waals surface area contributed by atoms with E-state index >= 15 is 0 Å². The zero-order valence-electron chi connectivity index (χ0n) is 20.8. The SMILES string of the molecule is CCCNC(=O)c1ccc2c(C#N)c(-c3ccc(NC(=O)O[C@H](C)C4CC4)cc3)n(C3CCC3)c2c1. The first kappa shape index (κ1) is 23.9. The Labute approximate surface area is 211 Å². The number of rotatable bonds is 8. The molecule has 0 unspecified atom stereocenters. The number of nitriles is 1. The lowest BCUT2D eigenvalue weighted by molar-refractivity contribution is 0.0953. The highest BCUT2D eigenvalue weighted by Crippen LogP contribution is 2.43. The quantitative estimate of drug-likeness (QED) is 0.387. The molecule has 0 saturated heterocycles. The van der Waals surface area contributed by atoms with Gasteiger partial charge in [-0.2, -0.15) is 5.26 Å². The van der Waals surface area contributed by atoms with Gasteiger partial charge in [0.25, 0.3) is 5.91 Å². The molecular formula is C29H32N4O3. The zero-order chi connectivity index (χ0) is 25.2. The van der Waals surface area contributed by atoms with Gasteiger partial charge >= 0.3 is 6.09 Å². The third-order valence-corrected chi connectivity index (χ3v) is 7.34. The second-order valence-corrected chi connectivity index (χ2v) is 9.93. The Bertz CT molecular complexity index is 1330. The Morgan fingerprint density at radius 3 is 2.50 bits per heavy atom. The molecule has 1 aromatic heterocycles. The van der Waals surface area contributed by atoms with E-state index in [1.165, 1.54) is 0 Å². The molecule has 7 heteroatoms. The number of carbonyl (C=O) groups is 2. The number of nitrogens with one attached hydrogen (secondary N) is 2. The zero-order valence-corrected chi connectivity index (χ0v) is 20.8. The number of nitrogens with zero attached hydrogens (tertiary/aromatic N) is 2. The van der Waals surface area contributed by atoms with Crippen LogP contribution in [0.1, 0.15) is 74.3 Å². The van der Waals surface area contributed by atoms with E-state index in [0.717, 1.165) is 60.7 Å². The standard InChI is InChI=1S/C29H32N4O3/c1-3-15-31-28(34)21-11-14-24-25(17-30)27(33(26(24)16-21)23-5-4-6-23)20-9-12-22(13-10-20)32-29(35)36-18(2)19-7-8-19/h9-14,16,18-19,23H,3-8,15H2,1-2H3,(H,31,34)(H,32,35)/t18-/m1/s1. The van der Waals surface area contributed by atoms with Crippen molar-refractivity contribution in [3.05, 3.63) is 53.6 Å². The second-order valence-electron chi connectivity index (χ2n) is 9.93. The van der Waals surface area contributed by atoms with Crippen molar-refractivity contribution in [2.24, 2.45) is 5.92 Å². The molecule has 36 heavy (non-hydrogen) atoms. The maximum Gasteiger partial charge on any atom is 0.411 e. The summed E-state index contributed by atoms with van der Waals surface area (Å²) >= 11 is 0. The van der Waals surface area contributed by atoms with Gasteiger partial charge in [-0.1, -0.05) is 25.1 Å². The predicted octanol–water partition coefficient (Wildman–Crippen LogP) is 6.39. The minimum absolute atomic E-state index is 0.0745. The average molecular weight is 485 g/mol. The summed E-state index contributed by atoms with van der Waals surface area (Å²) in [6.07, 6.45) is 5.81. The topological polar surface area (TPSA) is 96.2 Å². The summed E-state index contributed by atoms with van der Waals surface area (Å²) < 4.78 is 7.71. The number of fused-ring (bicyclic) bond motifs is 1. The Morgan fingerprint density at radius 2 is 1.89 bits per heavy atom. The van der Waals surface area contributed by atoms with Crippen LogP contribution in [0.15, 0.2) is 42.5 Å². The van der Waals surface area contributed by atoms with Crippen molar-refractivity contribution >= 4 is 28.6 Å². The highest BCUT2D eigenvalue weighted by Gasteiger charge is 2.31. The van der Waals surface area contributed by atoms with Crippen molar-refractivity contribution in [2.45, 2.75) is 64.5 Å². The summed E-state index contributed by atoms with van der Waals surface area (Å²) in [5.74, 6) is 0.382. The van der Waals surface area contributed by atoms with Gasteiger partial charge < -0.3 is 14.6 Å². The highest BCUT2D eigenvalue weighted by molar-refractivity contribution is 6.01. The van der Waals surface area contributed by atoms with Gasteiger partial charge in [0, 0.05) is 29.2 Å². The number of anilines is 1. The summed E-state index contributed by atoms with van der Waals surface area (Å²) in [6, 6.07) is 15.8. The van der Waals surface area contributed by atoms with Gasteiger partial charge in [0.2, 0.25) is 0 Å². The van der Waals surface area contributed by atoms with Gasteiger partial charge in [0.15, 0.2) is 0 Å². The largest absolute Gasteiger partial charge is 0.446 e. The summed E-state index contributed by atoms with van der Waals surface area (Å²) in [4.78, 5) is 24.9. The molecule has 2 aliphatic rings. The van der Waals surface area contributed by atoms with Crippen LogP contribution in [0.4, 0.5) is 10.5 Å². The lowest BCUT2D eigenvalue weighted by atomic mass is 9.92. The monoisotopic (exact) mass is 484 g/mol. The van der Waals surface area contributed by atoms with Crippen LogP contribution in [0.25, 0.3) is 22.2 Å². The van der Waals surface area contributed by atoms with Crippen LogP contribution < -0.4 is 10.6 Å². The molecule has 0 radical (unpaired) electrons. The van der Waals surface area contributed by atoms with E-state index in [2.05, 4.69) is 21.3 Å². The number of ether oxygens (including phenoxy) is 1. The second kappa shape index (κ2) is 10.1. The van der Waals surface area contributed by atoms with Crippen molar-refractivity contribution in [1.29, 1.82) is 5.26 Å². The van der Waals surface area contributed by atoms with E-state index < -0.39 is 6.09 Å². The number of benzene rings is 2. The van der Waals surface area contributed by atoms with Gasteiger partial charge in [0.1, 0.15) is 12.2 Å². The van der Waals surface area contributed by atoms with Crippen LogP contribution in [0.2, 0.25) is 0 Å². The van der Waals surface area contributed by atoms with Crippen molar-refractivity contribution in [3.63, 3.8) is 0 Å². The molecule has 7 nitrogen and oxygen atoms in total. The van der Waals surface area contributed by atoms with Gasteiger partial charge in [-0.05, 0) is 81.2 Å². The minimum Gasteiger partial charge on any atom is -0.446 e. The van der Waals surface area contributed by atoms with E-state index in [0.29, 0.717) is 29.3 Å². The predicted molar refractivity (Wildman–Crippen MR) is 140 cm³/mol. The maximum absolute atomic E-state index is 12.6. The molecule has 3 aromatic rings. The van der Waals surface area contributed by atoms with Crippen LogP contribution in [0, 0.1) is 17.2 Å². The molecule has 0 spiro atoms. The van der Waals surface area contributed by atoms with Crippen LogP contribution in [0.5, 0.6) is 0 Å². The number of carbonyl (C=O) groups excluding carboxylic acids is 2. The van der Waals surface area contributed by atoms with Crippen LogP contribution in [0.3, 0.4) is 0 Å². The third kappa shape index (κ3) is 4.68. The molecule has 2 fully saturated rings. The molecule has 2 saturated carbocycles. The number of hydrogen-bond acceptors (Lipinski definition) is 4. The van der Waals surface area contributed by atoms with E-state index in [1.54, 1.807) is 6.07 Å². The van der Waals surface area contributed by atoms with Gasteiger partial charge in [-0.15, -0.1) is 0 Å². The molecule has 2 aliphatic carbocycles. The van der Waals surface area contributed by atoms with E-state index in [1.807, 2.05) is 50.2 Å². The van der Waals surface area contributed by atoms with Crippen molar-refractivity contribution in [1.82, 2.24) is 9.88 Å². The molecule has 2 aromatic carbocycles. The smallest absolute Gasteiger partial charge is 0.411 e. The molecule has 186 valence electrons. The first-order valence-corrected chi connectivity index (χ1v) is 12.9. The summed E-state index contributed by atoms with van der Waals surface area (Å²) in [6.45, 7) is 4.58. The fourth-order valence-corrected chi connectivity index (χ4v) is 4.90. The molecule has 5 rings (SSSR count). The van der Waals surface area contributed by atoms with Crippen molar-refractivity contribution < 1.29 is 14.3 Å². The molecule has 0 bridgehead atoms. The first-order valence-electron chi connectivity index (χ1n) is 12.9. The molecular weight excluding hydrogens is 452 g/mol. The average Bonchev–Trinajstić information content (AvgIpc) is 3.65. The minimum atomic E-state index is -0.447. The van der Waals surface area contributed by atoms with E-state index in [4.69, 9.17) is 4.74 Å². The summed E-state index contributed by atoms with van der Waals surface area (Å²) in [5, 5.41) is 16.8. The van der Waals surface area contributed by atoms with Crippen molar-refractivity contribution in [3.8, 4) is 17.3 Å². The maximum atomic E-state index is 12.6. The highest BCUT2D eigenvalue weighted by atomic mass is 16.6. The Balaban J connectivity index is 1.48. The molecule has 2 amide bonds. The fraction of sp³-hybridized carbons (Fsp3) is 0.414. The van der Waals surface area contributed by atoms with Crippen LogP contribution in [-0.4, -0.2) is 29.2 Å². The third-order valence-electron chi connectivity index (χ3n) is 7.34. The summed E-state index contributed by atoms with van der Waals surface area (Å²) in [5.41, 5.74) is 4.53. The number of aromatic nitrogens is 1. The van der Waals surface area contributed by atoms with Crippen molar-refractivity contribution in [2.75, 3.05) is 11.9 Å². The first-order chi connectivity index (χ1) is 17.5. The van der Waals surface area contributed by atoms with Gasteiger partial charge in [-0.3, -0.25) is 10.1 Å². The van der Waals surface area contributed by atoms with Gasteiger partial charge in [-0.25, -0.2) is 4.79 Å². The molecule has 1 heterocycles. The molecule has 2 N–H and O–H groups in total. The Hall–Kier alpha value is -3.79. The van der Waals surface area contributed by atoms with Gasteiger partial charge in [0.05, 0.1) is 16.8 Å². The number of hydrogen-bond donors (Lipinski definition) is 2. The number of amides is 2. The lowest BCUT2D eigenvalue weighted by Gasteiger charge is -2.30. The fourth-order valence-electron chi connectivity index (χ4n) is 4.90. The van der Waals surface area contributed by atoms with Crippen LogP contribution in [-0.2, 0) is 4.74 Å². The summed E-state index contributed by atoms with van der Waals surface area (Å²) in [7, 11) is 0. The lowest BCUT2D eigenvalue weighted by Crippen LogP contribution is -2.24. The Kier molecular flexibility index (Phi) is 6.69. The molecule has 0 aliphatic heterocycles.